The van der Waals surface area contributed by atoms with Crippen molar-refractivity contribution in [3.63, 3.8) is 0 Å². The van der Waals surface area contributed by atoms with Gasteiger partial charge in [-0.05, 0) is 50.5 Å². The van der Waals surface area contributed by atoms with Gasteiger partial charge in [0.1, 0.15) is 6.04 Å². The van der Waals surface area contributed by atoms with Crippen LogP contribution in [0, 0.1) is 5.92 Å². The molecule has 0 saturated carbocycles. The standard InChI is InChI=1S/C20H30N2O5/c1-6-22(7-2)16-10-8-15(9-11-16)19(24)27-13-18(23)21-17(12-14(3)4)20(25)26-5/h8-11,14,17H,6-7,12-13H2,1-5H3,(H,21,23). The molecule has 150 valence electrons. The van der Waals surface area contributed by atoms with Crippen LogP contribution in [0.2, 0.25) is 0 Å². The molecule has 1 N–H and O–H groups in total. The monoisotopic (exact) mass is 378 g/mol. The number of nitrogens with zero attached hydrogens (tertiary/aromatic N) is 1. The summed E-state index contributed by atoms with van der Waals surface area (Å²) in [6, 6.07) is 6.28. The molecule has 1 aromatic carbocycles. The van der Waals surface area contributed by atoms with Crippen LogP contribution < -0.4 is 10.2 Å². The number of amides is 1. The first kappa shape index (κ1) is 22.5. The Hall–Kier alpha value is -2.57. The van der Waals surface area contributed by atoms with Gasteiger partial charge in [0.2, 0.25) is 0 Å². The molecule has 0 heterocycles. The van der Waals surface area contributed by atoms with Crippen LogP contribution in [0.15, 0.2) is 24.3 Å². The molecular weight excluding hydrogens is 348 g/mol. The first-order valence-electron chi connectivity index (χ1n) is 9.21. The number of carbonyl (C=O) groups is 3. The summed E-state index contributed by atoms with van der Waals surface area (Å²) >= 11 is 0. The zero-order valence-corrected chi connectivity index (χ0v) is 16.8. The van der Waals surface area contributed by atoms with Gasteiger partial charge in [0.15, 0.2) is 6.61 Å². The maximum absolute atomic E-state index is 12.1. The first-order chi connectivity index (χ1) is 12.8. The third-order valence-electron chi connectivity index (χ3n) is 4.09. The van der Waals surface area contributed by atoms with Gasteiger partial charge in [0.25, 0.3) is 5.91 Å². The number of benzene rings is 1. The molecular formula is C20H30N2O5. The topological polar surface area (TPSA) is 84.9 Å². The maximum Gasteiger partial charge on any atom is 0.338 e. The lowest BCUT2D eigenvalue weighted by Crippen LogP contribution is -2.44. The van der Waals surface area contributed by atoms with Crippen LogP contribution in [0.1, 0.15) is 44.5 Å². The highest BCUT2D eigenvalue weighted by Crippen LogP contribution is 2.15. The number of hydrogen-bond acceptors (Lipinski definition) is 6. The Bertz CT molecular complexity index is 624. The molecule has 7 heteroatoms. The summed E-state index contributed by atoms with van der Waals surface area (Å²) in [7, 11) is 1.27. The number of ether oxygens (including phenoxy) is 2. The zero-order valence-electron chi connectivity index (χ0n) is 16.8. The molecule has 1 atom stereocenters. The normalized spacial score (nSPS) is 11.6. The summed E-state index contributed by atoms with van der Waals surface area (Å²) in [5.41, 5.74) is 1.38. The highest BCUT2D eigenvalue weighted by Gasteiger charge is 2.23. The van der Waals surface area contributed by atoms with Crippen LogP contribution in [0.5, 0.6) is 0 Å². The van der Waals surface area contributed by atoms with Gasteiger partial charge in [0, 0.05) is 18.8 Å². The van der Waals surface area contributed by atoms with E-state index in [1.54, 1.807) is 12.1 Å². The molecule has 0 spiro atoms. The molecule has 0 aromatic heterocycles. The van der Waals surface area contributed by atoms with Gasteiger partial charge < -0.3 is 19.7 Å². The minimum absolute atomic E-state index is 0.196. The van der Waals surface area contributed by atoms with Crippen molar-refractivity contribution in [3.05, 3.63) is 29.8 Å². The van der Waals surface area contributed by atoms with Gasteiger partial charge in [-0.2, -0.15) is 0 Å². The average molecular weight is 378 g/mol. The Morgan fingerprint density at radius 2 is 1.67 bits per heavy atom. The quantitative estimate of drug-likeness (QED) is 0.629. The van der Waals surface area contributed by atoms with E-state index in [0.29, 0.717) is 12.0 Å². The van der Waals surface area contributed by atoms with Crippen molar-refractivity contribution in [2.45, 2.75) is 40.2 Å². The fourth-order valence-electron chi connectivity index (χ4n) is 2.68. The molecule has 0 aliphatic heterocycles. The van der Waals surface area contributed by atoms with Crippen molar-refractivity contribution in [2.24, 2.45) is 5.92 Å². The van der Waals surface area contributed by atoms with E-state index in [2.05, 4.69) is 24.1 Å². The fourth-order valence-corrected chi connectivity index (χ4v) is 2.68. The minimum atomic E-state index is -0.755. The molecule has 0 radical (unpaired) electrons. The Balaban J connectivity index is 2.59. The number of carbonyl (C=O) groups excluding carboxylic acids is 3. The smallest absolute Gasteiger partial charge is 0.338 e. The summed E-state index contributed by atoms with van der Waals surface area (Å²) in [5.74, 6) is -1.45. The third-order valence-corrected chi connectivity index (χ3v) is 4.09. The Labute approximate surface area is 161 Å². The highest BCUT2D eigenvalue weighted by molar-refractivity contribution is 5.92. The van der Waals surface area contributed by atoms with Crippen molar-refractivity contribution in [1.82, 2.24) is 5.32 Å². The van der Waals surface area contributed by atoms with E-state index in [1.807, 2.05) is 26.0 Å². The summed E-state index contributed by atoms with van der Waals surface area (Å²) in [6.07, 6.45) is 0.444. The van der Waals surface area contributed by atoms with Crippen molar-refractivity contribution < 1.29 is 23.9 Å². The van der Waals surface area contributed by atoms with Gasteiger partial charge in [-0.15, -0.1) is 0 Å². The second-order valence-corrected chi connectivity index (χ2v) is 6.57. The summed E-state index contributed by atoms with van der Waals surface area (Å²) < 4.78 is 9.74. The van der Waals surface area contributed by atoms with E-state index >= 15 is 0 Å². The minimum Gasteiger partial charge on any atom is -0.467 e. The highest BCUT2D eigenvalue weighted by atomic mass is 16.5. The summed E-state index contributed by atoms with van der Waals surface area (Å²) in [6.45, 7) is 9.28. The van der Waals surface area contributed by atoms with Gasteiger partial charge in [-0.25, -0.2) is 9.59 Å². The number of nitrogens with one attached hydrogen (secondary N) is 1. The molecule has 1 unspecified atom stereocenters. The predicted molar refractivity (Wildman–Crippen MR) is 104 cm³/mol. The molecule has 0 aliphatic carbocycles. The zero-order chi connectivity index (χ0) is 20.4. The predicted octanol–water partition coefficient (Wildman–Crippen LogP) is 2.39. The molecule has 1 aromatic rings. The third kappa shape index (κ3) is 7.29. The number of anilines is 1. The fraction of sp³-hybridized carbons (Fsp3) is 0.550. The van der Waals surface area contributed by atoms with Gasteiger partial charge >= 0.3 is 11.9 Å². The van der Waals surface area contributed by atoms with Crippen molar-refractivity contribution in [3.8, 4) is 0 Å². The molecule has 1 amide bonds. The van der Waals surface area contributed by atoms with Crippen molar-refractivity contribution in [2.75, 3.05) is 31.7 Å². The lowest BCUT2D eigenvalue weighted by Gasteiger charge is -2.21. The summed E-state index contributed by atoms with van der Waals surface area (Å²) in [5, 5.41) is 2.55. The maximum atomic E-state index is 12.1. The van der Waals surface area contributed by atoms with E-state index in [-0.39, 0.29) is 5.92 Å². The van der Waals surface area contributed by atoms with E-state index in [1.165, 1.54) is 7.11 Å². The molecule has 0 fully saturated rings. The molecule has 0 bridgehead atoms. The number of esters is 2. The average Bonchev–Trinajstić information content (AvgIpc) is 2.66. The number of methoxy groups -OCH3 is 1. The van der Waals surface area contributed by atoms with Crippen LogP contribution in [-0.4, -0.2) is 50.7 Å². The second kappa shape index (κ2) is 11.2. The molecule has 1 rings (SSSR count). The summed E-state index contributed by atoms with van der Waals surface area (Å²) in [4.78, 5) is 38.0. The SMILES string of the molecule is CCN(CC)c1ccc(C(=O)OCC(=O)NC(CC(C)C)C(=O)OC)cc1. The van der Waals surface area contributed by atoms with Crippen LogP contribution in [0.25, 0.3) is 0 Å². The lowest BCUT2D eigenvalue weighted by atomic mass is 10.0. The molecule has 7 nitrogen and oxygen atoms in total. The van der Waals surface area contributed by atoms with Crippen LogP contribution in [0.3, 0.4) is 0 Å². The number of hydrogen-bond donors (Lipinski definition) is 1. The van der Waals surface area contributed by atoms with Crippen molar-refractivity contribution in [1.29, 1.82) is 0 Å². The molecule has 0 saturated heterocycles. The van der Waals surface area contributed by atoms with E-state index in [9.17, 15) is 14.4 Å². The second-order valence-electron chi connectivity index (χ2n) is 6.57. The van der Waals surface area contributed by atoms with Crippen LogP contribution >= 0.6 is 0 Å². The molecule has 0 aliphatic rings. The Morgan fingerprint density at radius 3 is 2.15 bits per heavy atom. The van der Waals surface area contributed by atoms with E-state index in [4.69, 9.17) is 9.47 Å². The van der Waals surface area contributed by atoms with Gasteiger partial charge in [-0.3, -0.25) is 4.79 Å². The van der Waals surface area contributed by atoms with E-state index < -0.39 is 30.5 Å². The van der Waals surface area contributed by atoms with E-state index in [0.717, 1.165) is 18.8 Å². The lowest BCUT2D eigenvalue weighted by molar-refractivity contribution is -0.145. The molecule has 27 heavy (non-hydrogen) atoms. The first-order valence-corrected chi connectivity index (χ1v) is 9.21. The number of rotatable bonds is 10. The Morgan fingerprint density at radius 1 is 1.07 bits per heavy atom. The largest absolute Gasteiger partial charge is 0.467 e. The van der Waals surface area contributed by atoms with Crippen molar-refractivity contribution >= 4 is 23.5 Å². The van der Waals surface area contributed by atoms with Crippen LogP contribution in [-0.2, 0) is 19.1 Å². The van der Waals surface area contributed by atoms with Gasteiger partial charge in [0.05, 0.1) is 12.7 Å². The van der Waals surface area contributed by atoms with Gasteiger partial charge in [-0.1, -0.05) is 13.8 Å². The Kier molecular flexibility index (Phi) is 9.33. The van der Waals surface area contributed by atoms with Crippen LogP contribution in [0.4, 0.5) is 5.69 Å².